The number of nitrogens with one attached hydrogen (secondary N) is 1. The normalized spacial score (nSPS) is 11.3. The van der Waals surface area contributed by atoms with Crippen LogP contribution in [0.3, 0.4) is 0 Å². The molecule has 1 aromatic rings. The molecule has 104 valence electrons. The van der Waals surface area contributed by atoms with Crippen LogP contribution in [0.4, 0.5) is 0 Å². The van der Waals surface area contributed by atoms with Crippen molar-refractivity contribution in [3.8, 4) is 0 Å². The van der Waals surface area contributed by atoms with Crippen molar-refractivity contribution in [1.82, 2.24) is 14.9 Å². The lowest BCUT2D eigenvalue weighted by Gasteiger charge is -2.09. The van der Waals surface area contributed by atoms with Crippen molar-refractivity contribution < 1.29 is 4.74 Å². The van der Waals surface area contributed by atoms with Gasteiger partial charge in [-0.15, -0.1) is 0 Å². The summed E-state index contributed by atoms with van der Waals surface area (Å²) in [7, 11) is 0. The molecule has 0 atom stereocenters. The number of aromatic nitrogens is 2. The van der Waals surface area contributed by atoms with E-state index in [0.717, 1.165) is 45.5 Å². The Balaban J connectivity index is 2.05. The highest BCUT2D eigenvalue weighted by molar-refractivity contribution is 4.92. The monoisotopic (exact) mass is 253 g/mol. The van der Waals surface area contributed by atoms with E-state index < -0.39 is 0 Å². The van der Waals surface area contributed by atoms with Crippen LogP contribution in [-0.4, -0.2) is 35.4 Å². The summed E-state index contributed by atoms with van der Waals surface area (Å²) in [5.41, 5.74) is 0. The van der Waals surface area contributed by atoms with Crippen LogP contribution in [0.2, 0.25) is 0 Å². The van der Waals surface area contributed by atoms with Crippen molar-refractivity contribution in [3.05, 3.63) is 18.2 Å². The second-order valence-electron chi connectivity index (χ2n) is 4.81. The van der Waals surface area contributed by atoms with E-state index in [2.05, 4.69) is 41.8 Å². The molecule has 4 nitrogen and oxygen atoms in total. The fraction of sp³-hybridized carbons (Fsp3) is 0.786. The lowest BCUT2D eigenvalue weighted by Crippen LogP contribution is -2.23. The molecule has 1 N–H and O–H groups in total. The summed E-state index contributed by atoms with van der Waals surface area (Å²) in [6.07, 6.45) is 7.58. The Morgan fingerprint density at radius 3 is 2.94 bits per heavy atom. The van der Waals surface area contributed by atoms with Crippen molar-refractivity contribution in [2.75, 3.05) is 19.7 Å². The van der Waals surface area contributed by atoms with Gasteiger partial charge in [-0.3, -0.25) is 0 Å². The highest BCUT2D eigenvalue weighted by Gasteiger charge is 2.00. The van der Waals surface area contributed by atoms with Gasteiger partial charge in [0.15, 0.2) is 0 Å². The lowest BCUT2D eigenvalue weighted by molar-refractivity contribution is 0.0771. The minimum atomic E-state index is 0.340. The molecule has 1 heterocycles. The van der Waals surface area contributed by atoms with Crippen molar-refractivity contribution >= 4 is 0 Å². The fourth-order valence-electron chi connectivity index (χ4n) is 1.84. The van der Waals surface area contributed by atoms with E-state index in [9.17, 15) is 0 Å². The molecule has 0 fully saturated rings. The van der Waals surface area contributed by atoms with E-state index in [-0.39, 0.29) is 0 Å². The van der Waals surface area contributed by atoms with Gasteiger partial charge in [0.25, 0.3) is 0 Å². The molecule has 0 saturated heterocycles. The molecule has 0 aliphatic carbocycles. The predicted molar refractivity (Wildman–Crippen MR) is 74.8 cm³/mol. The Hall–Kier alpha value is -0.870. The van der Waals surface area contributed by atoms with Crippen LogP contribution < -0.4 is 5.32 Å². The number of imidazole rings is 1. The molecule has 0 aliphatic heterocycles. The lowest BCUT2D eigenvalue weighted by atomic mass is 10.3. The van der Waals surface area contributed by atoms with Crippen LogP contribution in [0.25, 0.3) is 0 Å². The Labute approximate surface area is 111 Å². The smallest absolute Gasteiger partial charge is 0.108 e. The van der Waals surface area contributed by atoms with Crippen LogP contribution in [0, 0.1) is 0 Å². The van der Waals surface area contributed by atoms with Crippen LogP contribution in [0.1, 0.15) is 39.4 Å². The first-order valence-electron chi connectivity index (χ1n) is 7.06. The van der Waals surface area contributed by atoms with E-state index in [1.54, 1.807) is 0 Å². The Bertz CT molecular complexity index is 310. The Kier molecular flexibility index (Phi) is 7.69. The van der Waals surface area contributed by atoms with Gasteiger partial charge < -0.3 is 14.6 Å². The molecule has 0 spiro atoms. The molecule has 1 aromatic heterocycles. The molecule has 1 rings (SSSR count). The number of aryl methyl sites for hydroxylation is 1. The molecular formula is C14H27N3O. The number of nitrogens with zero attached hydrogens (tertiary/aromatic N) is 2. The van der Waals surface area contributed by atoms with Gasteiger partial charge in [0, 0.05) is 38.5 Å². The average molecular weight is 253 g/mol. The van der Waals surface area contributed by atoms with Crippen LogP contribution in [-0.2, 0) is 17.7 Å². The summed E-state index contributed by atoms with van der Waals surface area (Å²) in [6.45, 7) is 10.2. The standard InChI is InChI=1S/C14H27N3O/c1-4-6-14-16-9-11-17(14)10-8-15-7-5-12-18-13(2)3/h9,11,13,15H,4-8,10,12H2,1-3H3. The van der Waals surface area contributed by atoms with Crippen LogP contribution >= 0.6 is 0 Å². The van der Waals surface area contributed by atoms with Crippen molar-refractivity contribution in [2.24, 2.45) is 0 Å². The first-order chi connectivity index (χ1) is 8.74. The number of ether oxygens (including phenoxy) is 1. The maximum atomic E-state index is 5.49. The van der Waals surface area contributed by atoms with Gasteiger partial charge >= 0.3 is 0 Å². The predicted octanol–water partition coefficient (Wildman–Crippen LogP) is 2.24. The average Bonchev–Trinajstić information content (AvgIpc) is 2.76. The molecule has 4 heteroatoms. The third-order valence-electron chi connectivity index (χ3n) is 2.75. The molecule has 0 unspecified atom stereocenters. The molecule has 0 saturated carbocycles. The quantitative estimate of drug-likeness (QED) is 0.650. The van der Waals surface area contributed by atoms with Crippen molar-refractivity contribution in [2.45, 2.75) is 52.7 Å². The summed E-state index contributed by atoms with van der Waals surface area (Å²) < 4.78 is 7.73. The molecule has 18 heavy (non-hydrogen) atoms. The molecular weight excluding hydrogens is 226 g/mol. The van der Waals surface area contributed by atoms with Gasteiger partial charge in [-0.25, -0.2) is 4.98 Å². The Morgan fingerprint density at radius 2 is 2.22 bits per heavy atom. The highest BCUT2D eigenvalue weighted by atomic mass is 16.5. The van der Waals surface area contributed by atoms with Gasteiger partial charge in [0.05, 0.1) is 6.10 Å². The number of hydrogen-bond donors (Lipinski definition) is 1. The van der Waals surface area contributed by atoms with Gasteiger partial charge in [0.2, 0.25) is 0 Å². The van der Waals surface area contributed by atoms with E-state index in [1.807, 2.05) is 6.20 Å². The summed E-state index contributed by atoms with van der Waals surface area (Å²) >= 11 is 0. The highest BCUT2D eigenvalue weighted by Crippen LogP contribution is 2.00. The van der Waals surface area contributed by atoms with Gasteiger partial charge in [0.1, 0.15) is 5.82 Å². The molecule has 0 radical (unpaired) electrons. The first-order valence-corrected chi connectivity index (χ1v) is 7.06. The maximum Gasteiger partial charge on any atom is 0.108 e. The summed E-state index contributed by atoms with van der Waals surface area (Å²) in [6, 6.07) is 0. The van der Waals surface area contributed by atoms with E-state index in [4.69, 9.17) is 4.74 Å². The van der Waals surface area contributed by atoms with E-state index in [1.165, 1.54) is 5.82 Å². The molecule has 0 aliphatic rings. The number of hydrogen-bond acceptors (Lipinski definition) is 3. The zero-order valence-electron chi connectivity index (χ0n) is 12.0. The topological polar surface area (TPSA) is 39.1 Å². The Morgan fingerprint density at radius 1 is 1.39 bits per heavy atom. The second-order valence-corrected chi connectivity index (χ2v) is 4.81. The van der Waals surface area contributed by atoms with E-state index in [0.29, 0.717) is 6.10 Å². The van der Waals surface area contributed by atoms with E-state index >= 15 is 0 Å². The largest absolute Gasteiger partial charge is 0.379 e. The summed E-state index contributed by atoms with van der Waals surface area (Å²) in [5.74, 6) is 1.20. The van der Waals surface area contributed by atoms with Gasteiger partial charge in [-0.1, -0.05) is 6.92 Å². The minimum absolute atomic E-state index is 0.340. The first kappa shape index (κ1) is 15.2. The SMILES string of the molecule is CCCc1nccn1CCNCCCOC(C)C. The fourth-order valence-corrected chi connectivity index (χ4v) is 1.84. The molecule has 0 bridgehead atoms. The third-order valence-corrected chi connectivity index (χ3v) is 2.75. The summed E-state index contributed by atoms with van der Waals surface area (Å²) in [4.78, 5) is 4.37. The van der Waals surface area contributed by atoms with Crippen LogP contribution in [0.15, 0.2) is 12.4 Å². The van der Waals surface area contributed by atoms with Gasteiger partial charge in [-0.2, -0.15) is 0 Å². The van der Waals surface area contributed by atoms with Crippen molar-refractivity contribution in [3.63, 3.8) is 0 Å². The zero-order valence-corrected chi connectivity index (χ0v) is 12.0. The van der Waals surface area contributed by atoms with Gasteiger partial charge in [-0.05, 0) is 33.2 Å². The van der Waals surface area contributed by atoms with Crippen LogP contribution in [0.5, 0.6) is 0 Å². The van der Waals surface area contributed by atoms with Crippen molar-refractivity contribution in [1.29, 1.82) is 0 Å². The maximum absolute atomic E-state index is 5.49. The third kappa shape index (κ3) is 6.17. The summed E-state index contributed by atoms with van der Waals surface area (Å²) in [5, 5.41) is 3.44. The molecule has 0 amide bonds. The minimum Gasteiger partial charge on any atom is -0.379 e. The zero-order chi connectivity index (χ0) is 13.2. The number of rotatable bonds is 10. The second kappa shape index (κ2) is 9.11. The molecule has 0 aromatic carbocycles.